The fourth-order valence-electron chi connectivity index (χ4n) is 8.12. The van der Waals surface area contributed by atoms with Crippen LogP contribution in [-0.2, 0) is 10.3 Å². The van der Waals surface area contributed by atoms with Crippen molar-refractivity contribution in [3.8, 4) is 11.1 Å². The molecule has 0 radical (unpaired) electrons. The van der Waals surface area contributed by atoms with Gasteiger partial charge in [0.1, 0.15) is 6.61 Å². The first-order chi connectivity index (χ1) is 20.1. The van der Waals surface area contributed by atoms with Crippen molar-refractivity contribution in [2.75, 3.05) is 6.61 Å². The summed E-state index contributed by atoms with van der Waals surface area (Å²) in [5.74, 6) is 0.0370. The summed E-state index contributed by atoms with van der Waals surface area (Å²) in [4.78, 5) is 15.8. The number of carbonyl (C=O) groups excluding carboxylic acids is 1. The van der Waals surface area contributed by atoms with Crippen LogP contribution in [-0.4, -0.2) is 34.8 Å². The van der Waals surface area contributed by atoms with E-state index in [1.54, 1.807) is 0 Å². The quantitative estimate of drug-likeness (QED) is 0.235. The van der Waals surface area contributed by atoms with Crippen LogP contribution in [0, 0.1) is 0 Å². The summed E-state index contributed by atoms with van der Waals surface area (Å²) in [5, 5.41) is 17.0. The van der Waals surface area contributed by atoms with E-state index in [9.17, 15) is 9.90 Å². The van der Waals surface area contributed by atoms with Crippen LogP contribution in [0.15, 0.2) is 103 Å². The number of ether oxygens (including phenoxy) is 1. The third-order valence-electron chi connectivity index (χ3n) is 9.79. The van der Waals surface area contributed by atoms with Crippen LogP contribution in [0.5, 0.6) is 0 Å². The fourth-order valence-corrected chi connectivity index (χ4v) is 8.12. The lowest BCUT2D eigenvalue weighted by Gasteiger charge is -2.51. The molecule has 2 saturated heterocycles. The maximum Gasteiger partial charge on any atom is 0.410 e. The Morgan fingerprint density at radius 1 is 0.756 bits per heavy atom. The zero-order chi connectivity index (χ0) is 27.6. The average molecular weight is 540 g/mol. The Balaban J connectivity index is 1.09. The van der Waals surface area contributed by atoms with Gasteiger partial charge in [-0.25, -0.2) is 4.79 Å². The van der Waals surface area contributed by atoms with E-state index in [0.29, 0.717) is 19.4 Å². The van der Waals surface area contributed by atoms with E-state index in [-0.39, 0.29) is 24.1 Å². The van der Waals surface area contributed by atoms with Crippen molar-refractivity contribution in [2.24, 2.45) is 0 Å². The van der Waals surface area contributed by atoms with Gasteiger partial charge in [0.2, 0.25) is 0 Å². The topological polar surface area (TPSA) is 49.8 Å². The molecule has 5 aromatic rings. The van der Waals surface area contributed by atoms with Crippen molar-refractivity contribution in [3.05, 3.63) is 120 Å². The van der Waals surface area contributed by atoms with Gasteiger partial charge in [0.25, 0.3) is 0 Å². The van der Waals surface area contributed by atoms with Crippen LogP contribution in [0.1, 0.15) is 54.7 Å². The molecule has 0 spiro atoms. The van der Waals surface area contributed by atoms with Gasteiger partial charge in [-0.15, -0.1) is 0 Å². The van der Waals surface area contributed by atoms with Gasteiger partial charge in [-0.3, -0.25) is 0 Å². The highest BCUT2D eigenvalue weighted by Crippen LogP contribution is 2.49. The maximum absolute atomic E-state index is 13.8. The Bertz CT molecular complexity index is 1700. The Morgan fingerprint density at radius 3 is 1.85 bits per heavy atom. The summed E-state index contributed by atoms with van der Waals surface area (Å²) in [6.45, 7) is 0.320. The van der Waals surface area contributed by atoms with Crippen molar-refractivity contribution < 1.29 is 14.6 Å². The predicted octanol–water partition coefficient (Wildman–Crippen LogP) is 8.15. The number of rotatable bonds is 3. The van der Waals surface area contributed by atoms with E-state index in [4.69, 9.17) is 4.74 Å². The van der Waals surface area contributed by atoms with Gasteiger partial charge in [0, 0.05) is 30.8 Å². The van der Waals surface area contributed by atoms with Gasteiger partial charge in [0.05, 0.1) is 5.60 Å². The lowest BCUT2D eigenvalue weighted by Crippen LogP contribution is -2.59. The number of piperidine rings is 2. The molecule has 1 N–H and O–H groups in total. The normalized spacial score (nSPS) is 23.4. The van der Waals surface area contributed by atoms with Gasteiger partial charge < -0.3 is 14.7 Å². The molecular formula is C37H33NO3. The maximum atomic E-state index is 13.8. The second-order valence-electron chi connectivity index (χ2n) is 12.1. The Hall–Kier alpha value is -4.15. The fraction of sp³-hybridized carbons (Fsp3) is 0.270. The number of carbonyl (C=O) groups is 1. The minimum atomic E-state index is -1.02. The number of nitrogens with zero attached hydrogens (tertiary/aromatic N) is 1. The van der Waals surface area contributed by atoms with Crippen molar-refractivity contribution in [1.29, 1.82) is 0 Å². The van der Waals surface area contributed by atoms with E-state index >= 15 is 0 Å². The number of hydrogen-bond acceptors (Lipinski definition) is 3. The molecule has 3 aliphatic rings. The number of benzene rings is 5. The summed E-state index contributed by atoms with van der Waals surface area (Å²) >= 11 is 0. The second-order valence-corrected chi connectivity index (χ2v) is 12.1. The molecule has 2 aliphatic heterocycles. The summed E-state index contributed by atoms with van der Waals surface area (Å²) in [6, 6.07) is 35.7. The smallest absolute Gasteiger partial charge is 0.410 e. The lowest BCUT2D eigenvalue weighted by molar-refractivity contribution is -0.0875. The molecule has 2 bridgehead atoms. The molecule has 2 unspecified atom stereocenters. The minimum absolute atomic E-state index is 0.0370. The Labute approximate surface area is 240 Å². The molecule has 0 saturated carbocycles. The Morgan fingerprint density at radius 2 is 1.27 bits per heavy atom. The van der Waals surface area contributed by atoms with Crippen LogP contribution < -0.4 is 0 Å². The SMILES string of the molecule is O=C(OCC1c2ccccc2-c2ccccc21)N1C2CCCC1CC(O)(c1c3ccccc3cc3ccccc13)C2. The molecule has 1 aliphatic carbocycles. The van der Waals surface area contributed by atoms with E-state index in [0.717, 1.165) is 46.4 Å². The van der Waals surface area contributed by atoms with E-state index < -0.39 is 5.60 Å². The zero-order valence-corrected chi connectivity index (χ0v) is 23.0. The monoisotopic (exact) mass is 539 g/mol. The second kappa shape index (κ2) is 9.46. The molecule has 8 rings (SSSR count). The molecule has 2 heterocycles. The summed E-state index contributed by atoms with van der Waals surface area (Å²) in [6.07, 6.45) is 3.62. The van der Waals surface area contributed by atoms with Crippen LogP contribution in [0.3, 0.4) is 0 Å². The molecule has 204 valence electrons. The van der Waals surface area contributed by atoms with Gasteiger partial charge in [-0.1, -0.05) is 97.1 Å². The zero-order valence-electron chi connectivity index (χ0n) is 23.0. The molecule has 41 heavy (non-hydrogen) atoms. The number of fused-ring (bicyclic) bond motifs is 7. The van der Waals surface area contributed by atoms with Crippen LogP contribution in [0.4, 0.5) is 4.79 Å². The third-order valence-corrected chi connectivity index (χ3v) is 9.79. The molecule has 1 amide bonds. The first kappa shape index (κ1) is 24.6. The standard InChI is InChI=1S/C37H33NO3/c39-36(41-23-34-32-18-7-5-16-30(32)31-17-6-8-19-33(31)34)38-26-12-9-13-27(38)22-37(40,21-26)35-28-14-3-1-10-24(28)20-25-11-2-4-15-29(25)35/h1-8,10-11,14-20,26-27,34,40H,9,12-13,21-23H2. The van der Waals surface area contributed by atoms with Crippen molar-refractivity contribution >= 4 is 27.6 Å². The molecule has 0 aromatic heterocycles. The third kappa shape index (κ3) is 3.88. The minimum Gasteiger partial charge on any atom is -0.448 e. The van der Waals surface area contributed by atoms with Crippen molar-refractivity contribution in [2.45, 2.75) is 55.7 Å². The van der Waals surface area contributed by atoms with Crippen molar-refractivity contribution in [1.82, 2.24) is 4.90 Å². The van der Waals surface area contributed by atoms with E-state index in [1.165, 1.54) is 22.3 Å². The van der Waals surface area contributed by atoms with Gasteiger partial charge in [-0.05, 0) is 74.7 Å². The predicted molar refractivity (Wildman–Crippen MR) is 163 cm³/mol. The molecule has 2 atom stereocenters. The molecule has 4 nitrogen and oxygen atoms in total. The largest absolute Gasteiger partial charge is 0.448 e. The van der Waals surface area contributed by atoms with E-state index in [2.05, 4.69) is 103 Å². The van der Waals surface area contributed by atoms with Crippen LogP contribution >= 0.6 is 0 Å². The van der Waals surface area contributed by atoms with Crippen LogP contribution in [0.25, 0.3) is 32.7 Å². The number of hydrogen-bond donors (Lipinski definition) is 1. The summed E-state index contributed by atoms with van der Waals surface area (Å²) in [7, 11) is 0. The van der Waals surface area contributed by atoms with Gasteiger partial charge >= 0.3 is 6.09 Å². The molecule has 4 heteroatoms. The van der Waals surface area contributed by atoms with Gasteiger partial charge in [-0.2, -0.15) is 0 Å². The molecule has 2 fully saturated rings. The van der Waals surface area contributed by atoms with Crippen LogP contribution in [0.2, 0.25) is 0 Å². The van der Waals surface area contributed by atoms with Gasteiger partial charge in [0.15, 0.2) is 0 Å². The summed E-state index contributed by atoms with van der Waals surface area (Å²) in [5.41, 5.74) is 4.89. The number of aliphatic hydroxyl groups is 1. The first-order valence-electron chi connectivity index (χ1n) is 14.9. The highest BCUT2D eigenvalue weighted by molar-refractivity contribution is 6.03. The average Bonchev–Trinajstić information content (AvgIpc) is 3.31. The molecule has 5 aromatic carbocycles. The highest BCUT2D eigenvalue weighted by atomic mass is 16.6. The first-order valence-corrected chi connectivity index (χ1v) is 14.9. The Kier molecular flexibility index (Phi) is 5.68. The summed E-state index contributed by atoms with van der Waals surface area (Å²) < 4.78 is 6.14. The van der Waals surface area contributed by atoms with E-state index in [1.807, 2.05) is 4.90 Å². The lowest BCUT2D eigenvalue weighted by atomic mass is 9.70. The number of amides is 1. The molecular weight excluding hydrogens is 506 g/mol. The van der Waals surface area contributed by atoms with Crippen molar-refractivity contribution in [3.63, 3.8) is 0 Å². The highest BCUT2D eigenvalue weighted by Gasteiger charge is 2.49.